The molecule has 114 valence electrons. The van der Waals surface area contributed by atoms with Crippen LogP contribution in [-0.2, 0) is 14.8 Å². The van der Waals surface area contributed by atoms with Crippen LogP contribution in [0.15, 0.2) is 23.2 Å². The van der Waals surface area contributed by atoms with Crippen molar-refractivity contribution in [3.63, 3.8) is 0 Å². The molecule has 0 amide bonds. The third kappa shape index (κ3) is 4.14. The van der Waals surface area contributed by atoms with E-state index in [1.807, 2.05) is 6.92 Å². The Balaban J connectivity index is 3.11. The Morgan fingerprint density at radius 3 is 2.80 bits per heavy atom. The van der Waals surface area contributed by atoms with Crippen molar-refractivity contribution < 1.29 is 18.3 Å². The van der Waals surface area contributed by atoms with Gasteiger partial charge in [-0.15, -0.1) is 0 Å². The monoisotopic (exact) mass is 303 g/mol. The molecule has 0 fully saturated rings. The van der Waals surface area contributed by atoms with Crippen LogP contribution in [0.1, 0.15) is 6.92 Å². The molecule has 2 N–H and O–H groups in total. The van der Waals surface area contributed by atoms with Crippen LogP contribution >= 0.6 is 0 Å². The lowest BCUT2D eigenvalue weighted by Gasteiger charge is -2.22. The van der Waals surface area contributed by atoms with Gasteiger partial charge in [-0.1, -0.05) is 0 Å². The van der Waals surface area contributed by atoms with Crippen molar-refractivity contribution in [2.45, 2.75) is 11.8 Å². The predicted octanol–water partition coefficient (Wildman–Crippen LogP) is 0.143. The average Bonchev–Trinajstić information content (AvgIpc) is 2.44. The molecule has 0 bridgehead atoms. The number of aromatic nitrogens is 1. The summed E-state index contributed by atoms with van der Waals surface area (Å²) >= 11 is 0. The van der Waals surface area contributed by atoms with E-state index in [0.717, 1.165) is 0 Å². The van der Waals surface area contributed by atoms with Gasteiger partial charge in [-0.2, -0.15) is 4.31 Å². The molecule has 8 heteroatoms. The standard InChI is InChI=1S/C12H21N3O4S/c1-3-13-12-11(5-4-6-14-12)20(17,18)15(7-9-16)8-10-19-2/h4-6,16H,3,7-10H2,1-2H3,(H,13,14). The average molecular weight is 303 g/mol. The van der Waals surface area contributed by atoms with Crippen LogP contribution in [0.3, 0.4) is 0 Å². The SMILES string of the molecule is CCNc1ncccc1S(=O)(=O)N(CCO)CCOC. The summed E-state index contributed by atoms with van der Waals surface area (Å²) in [4.78, 5) is 4.15. The van der Waals surface area contributed by atoms with E-state index in [1.165, 1.54) is 23.7 Å². The highest BCUT2D eigenvalue weighted by Gasteiger charge is 2.26. The van der Waals surface area contributed by atoms with E-state index in [-0.39, 0.29) is 31.2 Å². The fraction of sp³-hybridized carbons (Fsp3) is 0.583. The number of aliphatic hydroxyl groups is 1. The molecule has 0 aromatic carbocycles. The third-order valence-electron chi connectivity index (χ3n) is 2.63. The van der Waals surface area contributed by atoms with E-state index in [2.05, 4.69) is 10.3 Å². The zero-order valence-corrected chi connectivity index (χ0v) is 12.6. The summed E-state index contributed by atoms with van der Waals surface area (Å²) in [6.45, 7) is 2.64. The maximum atomic E-state index is 12.6. The minimum absolute atomic E-state index is 0.0200. The summed E-state index contributed by atoms with van der Waals surface area (Å²) < 4.78 is 31.3. The number of methoxy groups -OCH3 is 1. The lowest BCUT2D eigenvalue weighted by atomic mass is 10.4. The van der Waals surface area contributed by atoms with Crippen molar-refractivity contribution in [1.82, 2.24) is 9.29 Å². The number of nitrogens with zero attached hydrogens (tertiary/aromatic N) is 2. The normalized spacial score (nSPS) is 11.8. The Bertz CT molecular complexity index is 507. The van der Waals surface area contributed by atoms with Crippen molar-refractivity contribution in [2.24, 2.45) is 0 Å². The summed E-state index contributed by atoms with van der Waals surface area (Å²) in [5, 5.41) is 12.0. The van der Waals surface area contributed by atoms with Gasteiger partial charge < -0.3 is 15.2 Å². The van der Waals surface area contributed by atoms with E-state index in [4.69, 9.17) is 9.84 Å². The highest BCUT2D eigenvalue weighted by atomic mass is 32.2. The molecule has 0 aliphatic heterocycles. The number of pyridine rings is 1. The molecule has 0 unspecified atom stereocenters. The van der Waals surface area contributed by atoms with E-state index < -0.39 is 10.0 Å². The molecule has 20 heavy (non-hydrogen) atoms. The summed E-state index contributed by atoms with van der Waals surface area (Å²) in [7, 11) is -2.22. The van der Waals surface area contributed by atoms with Crippen LogP contribution < -0.4 is 5.32 Å². The lowest BCUT2D eigenvalue weighted by Crippen LogP contribution is -2.36. The van der Waals surface area contributed by atoms with E-state index >= 15 is 0 Å². The van der Waals surface area contributed by atoms with Crippen molar-refractivity contribution in [3.8, 4) is 0 Å². The maximum Gasteiger partial charge on any atom is 0.246 e. The van der Waals surface area contributed by atoms with Gasteiger partial charge in [0.25, 0.3) is 0 Å². The highest BCUT2D eigenvalue weighted by molar-refractivity contribution is 7.89. The summed E-state index contributed by atoms with van der Waals surface area (Å²) in [5.41, 5.74) is 0. The Kier molecular flexibility index (Phi) is 6.86. The summed E-state index contributed by atoms with van der Waals surface area (Å²) in [5.74, 6) is 0.315. The van der Waals surface area contributed by atoms with Gasteiger partial charge in [0.15, 0.2) is 0 Å². The zero-order chi connectivity index (χ0) is 15.0. The van der Waals surface area contributed by atoms with Gasteiger partial charge >= 0.3 is 0 Å². The van der Waals surface area contributed by atoms with Crippen molar-refractivity contribution >= 4 is 15.8 Å². The largest absolute Gasteiger partial charge is 0.395 e. The number of rotatable bonds is 9. The van der Waals surface area contributed by atoms with Gasteiger partial charge in [-0.3, -0.25) is 0 Å². The number of aliphatic hydroxyl groups excluding tert-OH is 1. The van der Waals surface area contributed by atoms with Crippen LogP contribution in [-0.4, -0.2) is 62.8 Å². The first kappa shape index (κ1) is 16.8. The second-order valence-electron chi connectivity index (χ2n) is 4.00. The molecule has 0 saturated carbocycles. The minimum atomic E-state index is -3.72. The van der Waals surface area contributed by atoms with Crippen molar-refractivity contribution in [3.05, 3.63) is 18.3 Å². The number of hydrogen-bond acceptors (Lipinski definition) is 6. The van der Waals surface area contributed by atoms with Gasteiger partial charge in [0.05, 0.1) is 13.2 Å². The Labute approximate surface area is 119 Å². The smallest absolute Gasteiger partial charge is 0.246 e. The number of nitrogens with one attached hydrogen (secondary N) is 1. The van der Waals surface area contributed by atoms with Crippen LogP contribution in [0.25, 0.3) is 0 Å². The topological polar surface area (TPSA) is 91.8 Å². The van der Waals surface area contributed by atoms with Gasteiger partial charge in [-0.25, -0.2) is 13.4 Å². The maximum absolute atomic E-state index is 12.6. The fourth-order valence-electron chi connectivity index (χ4n) is 1.69. The molecule has 0 spiro atoms. The first-order valence-electron chi connectivity index (χ1n) is 6.36. The quantitative estimate of drug-likeness (QED) is 0.674. The Morgan fingerprint density at radius 1 is 1.45 bits per heavy atom. The number of ether oxygens (including phenoxy) is 1. The first-order valence-corrected chi connectivity index (χ1v) is 7.80. The molecule has 1 heterocycles. The van der Waals surface area contributed by atoms with Gasteiger partial charge in [0, 0.05) is 32.9 Å². The molecule has 0 aliphatic carbocycles. The highest BCUT2D eigenvalue weighted by Crippen LogP contribution is 2.22. The number of hydrogen-bond donors (Lipinski definition) is 2. The lowest BCUT2D eigenvalue weighted by molar-refractivity contribution is 0.168. The van der Waals surface area contributed by atoms with Crippen LogP contribution in [0.5, 0.6) is 0 Å². The van der Waals surface area contributed by atoms with E-state index in [1.54, 1.807) is 6.07 Å². The molecular formula is C12H21N3O4S. The molecule has 7 nitrogen and oxygen atoms in total. The summed E-state index contributed by atoms with van der Waals surface area (Å²) in [6.07, 6.45) is 1.53. The molecule has 1 rings (SSSR count). The van der Waals surface area contributed by atoms with E-state index in [0.29, 0.717) is 12.4 Å². The Hall–Kier alpha value is -1.22. The molecule has 0 radical (unpaired) electrons. The van der Waals surface area contributed by atoms with Crippen molar-refractivity contribution in [1.29, 1.82) is 0 Å². The van der Waals surface area contributed by atoms with Gasteiger partial charge in [0.2, 0.25) is 10.0 Å². The number of anilines is 1. The third-order valence-corrected chi connectivity index (χ3v) is 4.56. The molecule has 0 saturated heterocycles. The van der Waals surface area contributed by atoms with Crippen LogP contribution in [0.2, 0.25) is 0 Å². The molecule has 0 atom stereocenters. The molecule has 1 aromatic rings. The minimum Gasteiger partial charge on any atom is -0.395 e. The second-order valence-corrected chi connectivity index (χ2v) is 5.91. The van der Waals surface area contributed by atoms with E-state index in [9.17, 15) is 8.42 Å². The zero-order valence-electron chi connectivity index (χ0n) is 11.7. The fourth-order valence-corrected chi connectivity index (χ4v) is 3.23. The number of sulfonamides is 1. The predicted molar refractivity (Wildman–Crippen MR) is 76.1 cm³/mol. The van der Waals surface area contributed by atoms with Gasteiger partial charge in [-0.05, 0) is 19.1 Å². The van der Waals surface area contributed by atoms with Crippen LogP contribution in [0, 0.1) is 0 Å². The second kappa shape index (κ2) is 8.15. The van der Waals surface area contributed by atoms with Gasteiger partial charge in [0.1, 0.15) is 10.7 Å². The molecule has 1 aromatic heterocycles. The Morgan fingerprint density at radius 2 is 2.20 bits per heavy atom. The molecular weight excluding hydrogens is 282 g/mol. The van der Waals surface area contributed by atoms with Crippen molar-refractivity contribution in [2.75, 3.05) is 45.3 Å². The molecule has 0 aliphatic rings. The van der Waals surface area contributed by atoms with Crippen LogP contribution in [0.4, 0.5) is 5.82 Å². The summed E-state index contributed by atoms with van der Waals surface area (Å²) in [6, 6.07) is 3.07. The first-order chi connectivity index (χ1) is 9.57.